The summed E-state index contributed by atoms with van der Waals surface area (Å²) in [6.07, 6.45) is 1.93. The summed E-state index contributed by atoms with van der Waals surface area (Å²) in [4.78, 5) is 56.9. The van der Waals surface area contributed by atoms with E-state index in [-0.39, 0.29) is 31.3 Å². The van der Waals surface area contributed by atoms with Gasteiger partial charge in [0.15, 0.2) is 0 Å². The van der Waals surface area contributed by atoms with Crippen LogP contribution in [0, 0.1) is 17.6 Å². The van der Waals surface area contributed by atoms with Gasteiger partial charge in [-0.2, -0.15) is 10.2 Å². The molecule has 0 aliphatic carbocycles. The van der Waals surface area contributed by atoms with E-state index >= 15 is 4.39 Å². The van der Waals surface area contributed by atoms with Crippen molar-refractivity contribution in [2.45, 2.75) is 64.2 Å². The number of esters is 1. The molecule has 0 bridgehead atoms. The van der Waals surface area contributed by atoms with Crippen LogP contribution in [0.2, 0.25) is 0 Å². The fourth-order valence-electron chi connectivity index (χ4n) is 8.30. The number of hydrogen-bond donors (Lipinski definition) is 1. The van der Waals surface area contributed by atoms with Crippen LogP contribution in [0.1, 0.15) is 45.2 Å². The SMILES string of the molecule is CC[C@@H]([C@H](C)OC(=O)OC(C)OC(=O)CN(C)CO[PH](=O)O)n1ncn(-c2ccc(N3CCN(c4ccc(OC[C@@H]5CO[C@@](Cn6cncn6)(c6ccc(F)cc6F)C5)cc4)CC3)cc2)c1=O. The molecule has 2 aliphatic heterocycles. The lowest BCUT2D eigenvalue weighted by Crippen LogP contribution is -2.46. The molecule has 0 saturated carbocycles. The summed E-state index contributed by atoms with van der Waals surface area (Å²) in [6, 6.07) is 18.4. The standard InChI is InChI=1S/C44H54F2N9O11P/c1-5-40(30(2)64-43(58)66-31(3)65-41(56)22-50(4)29-63-67(59)60)55-42(57)54(28-49-55)36-9-7-34(8-10-36)51-16-18-52(19-17-51)35-11-13-37(14-12-35)61-23-32-21-44(62-24-32,25-53-27-47-26-48-53)38-15-6-33(45)20-39(38)46/h6-15,20,26-28,30-32,40,67H,5,16-19,21-25,29H2,1-4H3,(H,59,60)/t30-,31?,32+,40-,44-/m0/s1. The van der Waals surface area contributed by atoms with Crippen LogP contribution in [0.5, 0.6) is 5.75 Å². The van der Waals surface area contributed by atoms with Crippen molar-refractivity contribution in [1.82, 2.24) is 34.0 Å². The molecule has 3 aromatic carbocycles. The molecule has 360 valence electrons. The number of anilines is 2. The summed E-state index contributed by atoms with van der Waals surface area (Å²) in [6.45, 7) is 8.18. The van der Waals surface area contributed by atoms with Crippen LogP contribution in [0.4, 0.5) is 25.0 Å². The van der Waals surface area contributed by atoms with E-state index in [1.165, 1.54) is 52.9 Å². The predicted octanol–water partition coefficient (Wildman–Crippen LogP) is 4.91. The topological polar surface area (TPSA) is 207 Å². The van der Waals surface area contributed by atoms with Crippen molar-refractivity contribution in [2.75, 3.05) is 69.5 Å². The predicted molar refractivity (Wildman–Crippen MR) is 238 cm³/mol. The Morgan fingerprint density at radius 2 is 1.61 bits per heavy atom. The maximum Gasteiger partial charge on any atom is 0.511 e. The van der Waals surface area contributed by atoms with Crippen molar-refractivity contribution in [3.63, 3.8) is 0 Å². The molecule has 23 heteroatoms. The van der Waals surface area contributed by atoms with Gasteiger partial charge in [-0.05, 0) is 81.4 Å². The highest BCUT2D eigenvalue weighted by Crippen LogP contribution is 2.42. The van der Waals surface area contributed by atoms with E-state index in [0.29, 0.717) is 37.5 Å². The fourth-order valence-corrected chi connectivity index (χ4v) is 8.63. The Labute approximate surface area is 385 Å². The molecule has 2 saturated heterocycles. The zero-order valence-corrected chi connectivity index (χ0v) is 38.5. The highest BCUT2D eigenvalue weighted by atomic mass is 31.1. The van der Waals surface area contributed by atoms with Crippen LogP contribution in [-0.2, 0) is 45.0 Å². The molecule has 0 amide bonds. The summed E-state index contributed by atoms with van der Waals surface area (Å²) >= 11 is 0. The third-order valence-corrected chi connectivity index (χ3v) is 12.0. The third-order valence-electron chi connectivity index (χ3n) is 11.6. The summed E-state index contributed by atoms with van der Waals surface area (Å²) in [5.74, 6) is -1.45. The molecule has 67 heavy (non-hydrogen) atoms. The molecule has 2 fully saturated rings. The first-order valence-electron chi connectivity index (χ1n) is 21.7. The third kappa shape index (κ3) is 12.4. The van der Waals surface area contributed by atoms with Gasteiger partial charge >= 0.3 is 26.1 Å². The molecule has 7 rings (SSSR count). The molecule has 1 N–H and O–H groups in total. The Hall–Kier alpha value is -6.19. The Morgan fingerprint density at radius 3 is 2.24 bits per heavy atom. The van der Waals surface area contributed by atoms with Gasteiger partial charge in [-0.25, -0.2) is 37.3 Å². The number of rotatable bonds is 20. The second-order valence-corrected chi connectivity index (χ2v) is 17.2. The molecule has 2 aliphatic rings. The van der Waals surface area contributed by atoms with Gasteiger partial charge in [-0.15, -0.1) is 0 Å². The summed E-state index contributed by atoms with van der Waals surface area (Å²) in [7, 11) is -1.69. The molecule has 4 heterocycles. The average molecular weight is 954 g/mol. The van der Waals surface area contributed by atoms with Crippen LogP contribution in [-0.4, -0.2) is 123 Å². The Kier molecular flexibility index (Phi) is 16.1. The summed E-state index contributed by atoms with van der Waals surface area (Å²) in [5, 5.41) is 8.51. The highest BCUT2D eigenvalue weighted by molar-refractivity contribution is 7.32. The number of carbonyl (C=O) groups is 2. The van der Waals surface area contributed by atoms with Crippen LogP contribution in [0.25, 0.3) is 5.69 Å². The van der Waals surface area contributed by atoms with Crippen molar-refractivity contribution < 1.29 is 56.0 Å². The van der Waals surface area contributed by atoms with E-state index in [2.05, 4.69) is 29.5 Å². The van der Waals surface area contributed by atoms with Gasteiger partial charge < -0.3 is 38.4 Å². The van der Waals surface area contributed by atoms with Crippen molar-refractivity contribution in [2.24, 2.45) is 5.92 Å². The number of likely N-dealkylation sites (N-methyl/N-ethyl adjacent to an activating group) is 1. The number of ether oxygens (including phenoxy) is 5. The summed E-state index contributed by atoms with van der Waals surface area (Å²) < 4.78 is 76.4. The number of nitrogens with zero attached hydrogens (tertiary/aromatic N) is 9. The molecule has 2 aromatic heterocycles. The number of aromatic nitrogens is 6. The van der Waals surface area contributed by atoms with Crippen LogP contribution >= 0.6 is 8.25 Å². The fraction of sp³-hybridized carbons (Fsp3) is 0.455. The zero-order chi connectivity index (χ0) is 47.7. The van der Waals surface area contributed by atoms with Crippen molar-refractivity contribution in [1.29, 1.82) is 0 Å². The molecular formula is C44H54F2N9O11P. The molecule has 20 nitrogen and oxygen atoms in total. The second-order valence-electron chi connectivity index (χ2n) is 16.4. The zero-order valence-electron chi connectivity index (χ0n) is 37.5. The minimum absolute atomic E-state index is 0.0489. The lowest BCUT2D eigenvalue weighted by atomic mass is 9.87. The van der Waals surface area contributed by atoms with Gasteiger partial charge in [0, 0.05) is 62.0 Å². The van der Waals surface area contributed by atoms with Crippen LogP contribution in [0.15, 0.2) is 90.5 Å². The molecule has 0 radical (unpaired) electrons. The van der Waals surface area contributed by atoms with E-state index < -0.39 is 61.7 Å². The first kappa shape index (κ1) is 48.7. The molecule has 0 spiro atoms. The van der Waals surface area contributed by atoms with Gasteiger partial charge in [-0.3, -0.25) is 18.8 Å². The van der Waals surface area contributed by atoms with Crippen LogP contribution < -0.4 is 20.2 Å². The van der Waals surface area contributed by atoms with Crippen molar-refractivity contribution in [3.8, 4) is 11.4 Å². The van der Waals surface area contributed by atoms with Crippen molar-refractivity contribution >= 4 is 31.8 Å². The van der Waals surface area contributed by atoms with Gasteiger partial charge in [0.2, 0.25) is 6.29 Å². The molecular weight excluding hydrogens is 900 g/mol. The van der Waals surface area contributed by atoms with Crippen molar-refractivity contribution in [3.05, 3.63) is 113 Å². The minimum atomic E-state index is -3.16. The van der Waals surface area contributed by atoms with Gasteiger partial charge in [0.1, 0.15) is 54.8 Å². The first-order valence-corrected chi connectivity index (χ1v) is 23.0. The first-order chi connectivity index (χ1) is 32.2. The summed E-state index contributed by atoms with van der Waals surface area (Å²) in [5.41, 5.74) is 1.46. The number of halogens is 2. The highest BCUT2D eigenvalue weighted by Gasteiger charge is 2.45. The lowest BCUT2D eigenvalue weighted by molar-refractivity contribution is -0.170. The van der Waals surface area contributed by atoms with E-state index in [1.54, 1.807) is 17.9 Å². The maximum atomic E-state index is 15.0. The molecule has 6 atom stereocenters. The smallest absolute Gasteiger partial charge is 0.493 e. The van der Waals surface area contributed by atoms with Gasteiger partial charge in [0.05, 0.1) is 38.0 Å². The monoisotopic (exact) mass is 953 g/mol. The number of hydrogen-bond acceptors (Lipinski definition) is 16. The number of carbonyl (C=O) groups excluding carboxylic acids is 2. The lowest BCUT2D eigenvalue weighted by Gasteiger charge is -2.37. The minimum Gasteiger partial charge on any atom is -0.493 e. The van der Waals surface area contributed by atoms with Crippen LogP contribution in [0.3, 0.4) is 0 Å². The van der Waals surface area contributed by atoms with Gasteiger partial charge in [0.25, 0.3) is 0 Å². The number of piperazine rings is 1. The quantitative estimate of drug-likeness (QED) is 0.0625. The van der Waals surface area contributed by atoms with E-state index in [9.17, 15) is 23.3 Å². The van der Waals surface area contributed by atoms with E-state index in [4.69, 9.17) is 28.6 Å². The normalized spacial score (nSPS) is 19.2. The molecule has 2 unspecified atom stereocenters. The Balaban J connectivity index is 0.867. The Bertz CT molecular complexity index is 2510. The maximum absolute atomic E-state index is 15.0. The second kappa shape index (κ2) is 22.1. The van der Waals surface area contributed by atoms with E-state index in [0.717, 1.165) is 43.6 Å². The largest absolute Gasteiger partial charge is 0.511 e. The van der Waals surface area contributed by atoms with E-state index in [1.807, 2.05) is 55.5 Å². The molecule has 5 aromatic rings. The Morgan fingerprint density at radius 1 is 0.940 bits per heavy atom. The number of benzene rings is 3. The van der Waals surface area contributed by atoms with Gasteiger partial charge in [-0.1, -0.05) is 13.0 Å². The average Bonchev–Trinajstić information content (AvgIpc) is 4.06.